The molecule has 0 radical (unpaired) electrons. The molecule has 18 heavy (non-hydrogen) atoms. The Hall–Kier alpha value is -1.26. The lowest BCUT2D eigenvalue weighted by Crippen LogP contribution is -2.36. The van der Waals surface area contributed by atoms with Gasteiger partial charge in [0, 0.05) is 11.7 Å². The predicted molar refractivity (Wildman–Crippen MR) is 72.6 cm³/mol. The first-order chi connectivity index (χ1) is 8.56. The van der Waals surface area contributed by atoms with Crippen molar-refractivity contribution in [1.82, 2.24) is 4.90 Å². The van der Waals surface area contributed by atoms with Crippen LogP contribution in [-0.4, -0.2) is 42.2 Å². The van der Waals surface area contributed by atoms with Gasteiger partial charge in [0.1, 0.15) is 0 Å². The van der Waals surface area contributed by atoms with Crippen LogP contribution in [0.1, 0.15) is 23.2 Å². The van der Waals surface area contributed by atoms with E-state index in [1.807, 2.05) is 0 Å². The van der Waals surface area contributed by atoms with Crippen LogP contribution < -0.4 is 5.32 Å². The molecule has 4 nitrogen and oxygen atoms in total. The number of aromatic carboxylic acids is 1. The number of likely N-dealkylation sites (tertiary alicyclic amines) is 1. The minimum absolute atomic E-state index is 0.144. The van der Waals surface area contributed by atoms with E-state index in [-0.39, 0.29) is 10.6 Å². The molecule has 1 aromatic carbocycles. The van der Waals surface area contributed by atoms with E-state index in [4.69, 9.17) is 16.7 Å². The minimum Gasteiger partial charge on any atom is -0.478 e. The summed E-state index contributed by atoms with van der Waals surface area (Å²) < 4.78 is 0. The molecule has 0 aliphatic carbocycles. The van der Waals surface area contributed by atoms with Crippen molar-refractivity contribution in [2.24, 2.45) is 0 Å². The van der Waals surface area contributed by atoms with Crippen molar-refractivity contribution in [3.05, 3.63) is 28.8 Å². The van der Waals surface area contributed by atoms with Crippen LogP contribution in [0.15, 0.2) is 18.2 Å². The van der Waals surface area contributed by atoms with E-state index in [1.165, 1.54) is 0 Å². The molecule has 0 bridgehead atoms. The average molecular weight is 269 g/mol. The SMILES string of the molecule is CN1CCC(Nc2ccc(C(=O)O)c(Cl)c2)CC1. The molecule has 1 heterocycles. The largest absolute Gasteiger partial charge is 0.478 e. The molecule has 1 aliphatic heterocycles. The van der Waals surface area contributed by atoms with Crippen LogP contribution in [-0.2, 0) is 0 Å². The molecule has 0 unspecified atom stereocenters. The van der Waals surface area contributed by atoms with Gasteiger partial charge in [-0.15, -0.1) is 0 Å². The van der Waals surface area contributed by atoms with Gasteiger partial charge in [-0.2, -0.15) is 0 Å². The van der Waals surface area contributed by atoms with E-state index in [2.05, 4.69) is 17.3 Å². The number of carboxylic acids is 1. The zero-order chi connectivity index (χ0) is 13.1. The predicted octanol–water partition coefficient (Wildman–Crippen LogP) is 2.54. The smallest absolute Gasteiger partial charge is 0.337 e. The Labute approximate surface area is 112 Å². The first kappa shape index (κ1) is 13.2. The summed E-state index contributed by atoms with van der Waals surface area (Å²) in [6.07, 6.45) is 2.18. The number of benzene rings is 1. The van der Waals surface area contributed by atoms with Gasteiger partial charge in [-0.1, -0.05) is 11.6 Å². The molecule has 1 saturated heterocycles. The van der Waals surface area contributed by atoms with Crippen LogP contribution in [0.25, 0.3) is 0 Å². The van der Waals surface area contributed by atoms with Crippen molar-refractivity contribution in [3.63, 3.8) is 0 Å². The van der Waals surface area contributed by atoms with Crippen molar-refractivity contribution >= 4 is 23.3 Å². The highest BCUT2D eigenvalue weighted by molar-refractivity contribution is 6.33. The molecular weight excluding hydrogens is 252 g/mol. The summed E-state index contributed by atoms with van der Waals surface area (Å²) in [5.74, 6) is -0.995. The number of nitrogens with one attached hydrogen (secondary N) is 1. The van der Waals surface area contributed by atoms with E-state index in [0.29, 0.717) is 6.04 Å². The number of hydrogen-bond donors (Lipinski definition) is 2. The number of rotatable bonds is 3. The van der Waals surface area contributed by atoms with Gasteiger partial charge in [-0.3, -0.25) is 0 Å². The maximum absolute atomic E-state index is 10.8. The fourth-order valence-corrected chi connectivity index (χ4v) is 2.43. The molecule has 1 aliphatic rings. The van der Waals surface area contributed by atoms with E-state index >= 15 is 0 Å². The van der Waals surface area contributed by atoms with Gasteiger partial charge in [0.05, 0.1) is 10.6 Å². The van der Waals surface area contributed by atoms with Crippen LogP contribution >= 0.6 is 11.6 Å². The summed E-state index contributed by atoms with van der Waals surface area (Å²) >= 11 is 5.94. The van der Waals surface area contributed by atoms with Crippen molar-refractivity contribution in [2.45, 2.75) is 18.9 Å². The molecule has 1 aromatic rings. The molecule has 2 rings (SSSR count). The zero-order valence-electron chi connectivity index (χ0n) is 10.3. The second kappa shape index (κ2) is 5.59. The molecule has 1 fully saturated rings. The fraction of sp³-hybridized carbons (Fsp3) is 0.462. The number of piperidine rings is 1. The number of carbonyl (C=O) groups is 1. The molecule has 0 aromatic heterocycles. The van der Waals surface area contributed by atoms with Crippen LogP contribution in [0.3, 0.4) is 0 Å². The second-order valence-electron chi connectivity index (χ2n) is 4.72. The van der Waals surface area contributed by atoms with Crippen molar-refractivity contribution < 1.29 is 9.90 Å². The quantitative estimate of drug-likeness (QED) is 0.885. The lowest BCUT2D eigenvalue weighted by atomic mass is 10.0. The number of carboxylic acid groups (broad SMARTS) is 1. The fourth-order valence-electron chi connectivity index (χ4n) is 2.17. The van der Waals surface area contributed by atoms with Crippen LogP contribution in [0, 0.1) is 0 Å². The van der Waals surface area contributed by atoms with Gasteiger partial charge >= 0.3 is 5.97 Å². The van der Waals surface area contributed by atoms with Crippen molar-refractivity contribution in [2.75, 3.05) is 25.5 Å². The number of hydrogen-bond acceptors (Lipinski definition) is 3. The lowest BCUT2D eigenvalue weighted by Gasteiger charge is -2.30. The lowest BCUT2D eigenvalue weighted by molar-refractivity contribution is 0.0697. The highest BCUT2D eigenvalue weighted by Crippen LogP contribution is 2.23. The minimum atomic E-state index is -0.995. The van der Waals surface area contributed by atoms with Crippen molar-refractivity contribution in [1.29, 1.82) is 0 Å². The van der Waals surface area contributed by atoms with Gasteiger partial charge in [-0.25, -0.2) is 4.79 Å². The molecule has 5 heteroatoms. The Kier molecular flexibility index (Phi) is 4.09. The number of anilines is 1. The Morgan fingerprint density at radius 1 is 1.44 bits per heavy atom. The molecule has 2 N–H and O–H groups in total. The van der Waals surface area contributed by atoms with E-state index in [0.717, 1.165) is 31.6 Å². The summed E-state index contributed by atoms with van der Waals surface area (Å²) in [5.41, 5.74) is 1.03. The van der Waals surface area contributed by atoms with E-state index in [9.17, 15) is 4.79 Å². The summed E-state index contributed by atoms with van der Waals surface area (Å²) in [7, 11) is 2.12. The Morgan fingerprint density at radius 2 is 2.11 bits per heavy atom. The maximum Gasteiger partial charge on any atom is 0.337 e. The monoisotopic (exact) mass is 268 g/mol. The normalized spacial score (nSPS) is 17.7. The summed E-state index contributed by atoms with van der Waals surface area (Å²) in [6.45, 7) is 2.16. The molecule has 0 saturated carbocycles. The van der Waals surface area contributed by atoms with Crippen LogP contribution in [0.2, 0.25) is 5.02 Å². The Bertz CT molecular complexity index is 443. The topological polar surface area (TPSA) is 52.6 Å². The zero-order valence-corrected chi connectivity index (χ0v) is 11.1. The molecule has 0 atom stereocenters. The first-order valence-corrected chi connectivity index (χ1v) is 6.42. The summed E-state index contributed by atoms with van der Waals surface area (Å²) in [5, 5.41) is 12.6. The Morgan fingerprint density at radius 3 is 2.67 bits per heavy atom. The van der Waals surface area contributed by atoms with Gasteiger partial charge in [0.25, 0.3) is 0 Å². The number of nitrogens with zero attached hydrogens (tertiary/aromatic N) is 1. The van der Waals surface area contributed by atoms with Crippen LogP contribution in [0.4, 0.5) is 5.69 Å². The molecule has 0 spiro atoms. The van der Waals surface area contributed by atoms with Crippen LogP contribution in [0.5, 0.6) is 0 Å². The van der Waals surface area contributed by atoms with Gasteiger partial charge in [-0.05, 0) is 51.2 Å². The Balaban J connectivity index is 2.02. The highest BCUT2D eigenvalue weighted by atomic mass is 35.5. The third-order valence-corrected chi connectivity index (χ3v) is 3.60. The third kappa shape index (κ3) is 3.15. The standard InChI is InChI=1S/C13H17ClN2O2/c1-16-6-4-9(5-7-16)15-10-2-3-11(13(17)18)12(14)8-10/h2-3,8-9,15H,4-7H2,1H3,(H,17,18). The first-order valence-electron chi connectivity index (χ1n) is 6.04. The van der Waals surface area contributed by atoms with Gasteiger partial charge in [0.2, 0.25) is 0 Å². The molecule has 0 amide bonds. The third-order valence-electron chi connectivity index (χ3n) is 3.29. The van der Waals surface area contributed by atoms with Gasteiger partial charge in [0.15, 0.2) is 0 Å². The van der Waals surface area contributed by atoms with Crippen molar-refractivity contribution in [3.8, 4) is 0 Å². The number of halogens is 1. The second-order valence-corrected chi connectivity index (χ2v) is 5.13. The van der Waals surface area contributed by atoms with Gasteiger partial charge < -0.3 is 15.3 Å². The average Bonchev–Trinajstić information content (AvgIpc) is 2.32. The molecule has 98 valence electrons. The molecular formula is C13H17ClN2O2. The summed E-state index contributed by atoms with van der Waals surface area (Å²) in [6, 6.07) is 5.44. The maximum atomic E-state index is 10.8. The highest BCUT2D eigenvalue weighted by Gasteiger charge is 2.17. The summed E-state index contributed by atoms with van der Waals surface area (Å²) in [4.78, 5) is 13.2. The van der Waals surface area contributed by atoms with E-state index in [1.54, 1.807) is 18.2 Å². The van der Waals surface area contributed by atoms with E-state index < -0.39 is 5.97 Å².